The van der Waals surface area contributed by atoms with Crippen molar-refractivity contribution in [1.29, 1.82) is 0 Å². The van der Waals surface area contributed by atoms with Crippen LogP contribution in [0.3, 0.4) is 0 Å². The first-order valence-electron chi connectivity index (χ1n) is 7.10. The van der Waals surface area contributed by atoms with Gasteiger partial charge in [0.1, 0.15) is 11.8 Å². The molecule has 2 heterocycles. The van der Waals surface area contributed by atoms with E-state index in [1.807, 2.05) is 0 Å². The topological polar surface area (TPSA) is 119 Å². The highest BCUT2D eigenvalue weighted by atomic mass is 32.2. The van der Waals surface area contributed by atoms with E-state index >= 15 is 0 Å². The smallest absolute Gasteiger partial charge is 0.325 e. The predicted molar refractivity (Wildman–Crippen MR) is 80.0 cm³/mol. The Kier molecular flexibility index (Phi) is 5.05. The Hall–Kier alpha value is -1.94. The van der Waals surface area contributed by atoms with E-state index in [9.17, 15) is 18.0 Å². The molecular formula is C13H19N3O6S. The van der Waals surface area contributed by atoms with Gasteiger partial charge in [0.05, 0.1) is 6.26 Å². The van der Waals surface area contributed by atoms with Gasteiger partial charge in [-0.3, -0.25) is 9.59 Å². The maximum absolute atomic E-state index is 12.1. The Morgan fingerprint density at radius 1 is 1.52 bits per heavy atom. The standard InChI is InChI=1S/C13H19N3O6S/c1-8-7-11(15-22-8)14-12(17)9(2)21-13(18)10-5-4-6-16(10)23(3,19)20/h7,9-10H,4-6H2,1-3H3,(H,14,15,17). The lowest BCUT2D eigenvalue weighted by Gasteiger charge is -2.22. The fourth-order valence-corrected chi connectivity index (χ4v) is 3.45. The van der Waals surface area contributed by atoms with Gasteiger partial charge in [-0.15, -0.1) is 0 Å². The van der Waals surface area contributed by atoms with Gasteiger partial charge >= 0.3 is 5.97 Å². The van der Waals surface area contributed by atoms with Crippen molar-refractivity contribution in [3.63, 3.8) is 0 Å². The maximum Gasteiger partial charge on any atom is 0.325 e. The molecule has 10 heteroatoms. The number of ether oxygens (including phenoxy) is 1. The van der Waals surface area contributed by atoms with Crippen molar-refractivity contribution < 1.29 is 27.3 Å². The second kappa shape index (κ2) is 6.67. The van der Waals surface area contributed by atoms with Gasteiger partial charge in [0.15, 0.2) is 11.9 Å². The SMILES string of the molecule is Cc1cc(NC(=O)C(C)OC(=O)C2CCCN2S(C)(=O)=O)no1. The van der Waals surface area contributed by atoms with Gasteiger partial charge in [-0.2, -0.15) is 4.31 Å². The van der Waals surface area contributed by atoms with Gasteiger partial charge < -0.3 is 14.6 Å². The molecule has 0 bridgehead atoms. The molecule has 1 amide bonds. The Balaban J connectivity index is 1.95. The number of aryl methyl sites for hydroxylation is 1. The molecular weight excluding hydrogens is 326 g/mol. The highest BCUT2D eigenvalue weighted by molar-refractivity contribution is 7.88. The summed E-state index contributed by atoms with van der Waals surface area (Å²) >= 11 is 0. The molecule has 2 atom stereocenters. The summed E-state index contributed by atoms with van der Waals surface area (Å²) in [6, 6.07) is 0.643. The third-order valence-electron chi connectivity index (χ3n) is 3.44. The van der Waals surface area contributed by atoms with Crippen LogP contribution < -0.4 is 5.32 Å². The first kappa shape index (κ1) is 17.4. The van der Waals surface area contributed by atoms with Crippen molar-refractivity contribution in [2.75, 3.05) is 18.1 Å². The molecule has 9 nitrogen and oxygen atoms in total. The number of sulfonamides is 1. The fraction of sp³-hybridized carbons (Fsp3) is 0.615. The molecule has 1 fully saturated rings. The number of esters is 1. The summed E-state index contributed by atoms with van der Waals surface area (Å²) in [5, 5.41) is 6.05. The Bertz CT molecular complexity index is 698. The van der Waals surface area contributed by atoms with Crippen molar-refractivity contribution in [2.45, 2.75) is 38.8 Å². The fourth-order valence-electron chi connectivity index (χ4n) is 2.33. The average molecular weight is 345 g/mol. The van der Waals surface area contributed by atoms with Crippen molar-refractivity contribution in [3.05, 3.63) is 11.8 Å². The second-order valence-electron chi connectivity index (χ2n) is 5.42. The number of carbonyl (C=O) groups excluding carboxylic acids is 2. The average Bonchev–Trinajstić information content (AvgIpc) is 3.06. The summed E-state index contributed by atoms with van der Waals surface area (Å²) in [5.41, 5.74) is 0. The molecule has 0 saturated carbocycles. The molecule has 0 aromatic carbocycles. The number of amides is 1. The lowest BCUT2D eigenvalue weighted by molar-refractivity contribution is -0.156. The minimum atomic E-state index is -3.49. The molecule has 1 aromatic heterocycles. The Morgan fingerprint density at radius 3 is 2.78 bits per heavy atom. The monoisotopic (exact) mass is 345 g/mol. The van der Waals surface area contributed by atoms with Gasteiger partial charge in [-0.1, -0.05) is 5.16 Å². The van der Waals surface area contributed by atoms with Crippen LogP contribution in [0.2, 0.25) is 0 Å². The van der Waals surface area contributed by atoms with Crippen LogP contribution in [0.4, 0.5) is 5.82 Å². The zero-order valence-corrected chi connectivity index (χ0v) is 13.9. The Morgan fingerprint density at radius 2 is 2.22 bits per heavy atom. The van der Waals surface area contributed by atoms with Crippen molar-refractivity contribution in [1.82, 2.24) is 9.46 Å². The normalized spacial score (nSPS) is 20.2. The molecule has 1 saturated heterocycles. The molecule has 128 valence electrons. The largest absolute Gasteiger partial charge is 0.451 e. The van der Waals surface area contributed by atoms with Gasteiger partial charge in [0, 0.05) is 12.6 Å². The quantitative estimate of drug-likeness (QED) is 0.761. The van der Waals surface area contributed by atoms with E-state index in [2.05, 4.69) is 10.5 Å². The Labute approximate surface area is 134 Å². The molecule has 1 N–H and O–H groups in total. The highest BCUT2D eigenvalue weighted by Crippen LogP contribution is 2.22. The van der Waals surface area contributed by atoms with E-state index in [0.717, 1.165) is 10.6 Å². The first-order chi connectivity index (χ1) is 10.7. The molecule has 1 aliphatic rings. The summed E-state index contributed by atoms with van der Waals surface area (Å²) in [7, 11) is -3.49. The number of hydrogen-bond donors (Lipinski definition) is 1. The van der Waals surface area contributed by atoms with Crippen LogP contribution in [-0.2, 0) is 24.3 Å². The molecule has 0 radical (unpaired) electrons. The number of aromatic nitrogens is 1. The van der Waals surface area contributed by atoms with Crippen LogP contribution in [-0.4, -0.2) is 54.7 Å². The molecule has 0 spiro atoms. The number of nitrogens with zero attached hydrogens (tertiary/aromatic N) is 2. The van der Waals surface area contributed by atoms with E-state index in [0.29, 0.717) is 18.6 Å². The molecule has 0 aliphatic carbocycles. The van der Waals surface area contributed by atoms with Crippen molar-refractivity contribution in [2.24, 2.45) is 0 Å². The number of carbonyl (C=O) groups is 2. The number of hydrogen-bond acceptors (Lipinski definition) is 7. The van der Waals surface area contributed by atoms with Crippen LogP contribution in [0, 0.1) is 6.92 Å². The number of nitrogens with one attached hydrogen (secondary N) is 1. The van der Waals surface area contributed by atoms with E-state index in [-0.39, 0.29) is 12.4 Å². The van der Waals surface area contributed by atoms with E-state index in [1.165, 1.54) is 13.0 Å². The first-order valence-corrected chi connectivity index (χ1v) is 8.95. The molecule has 1 aliphatic heterocycles. The molecule has 23 heavy (non-hydrogen) atoms. The lowest BCUT2D eigenvalue weighted by Crippen LogP contribution is -2.43. The molecule has 2 unspecified atom stereocenters. The summed E-state index contributed by atoms with van der Waals surface area (Å²) in [5.74, 6) is -0.559. The minimum Gasteiger partial charge on any atom is -0.451 e. The summed E-state index contributed by atoms with van der Waals surface area (Å²) in [6.07, 6.45) is 0.914. The van der Waals surface area contributed by atoms with Crippen LogP contribution in [0.25, 0.3) is 0 Å². The summed E-state index contributed by atoms with van der Waals surface area (Å²) in [6.45, 7) is 3.35. The van der Waals surface area contributed by atoms with Crippen LogP contribution in [0.1, 0.15) is 25.5 Å². The maximum atomic E-state index is 12.1. The van der Waals surface area contributed by atoms with Crippen LogP contribution >= 0.6 is 0 Å². The van der Waals surface area contributed by atoms with E-state index in [4.69, 9.17) is 9.26 Å². The van der Waals surface area contributed by atoms with Crippen LogP contribution in [0.5, 0.6) is 0 Å². The van der Waals surface area contributed by atoms with Gasteiger partial charge in [-0.25, -0.2) is 8.42 Å². The number of rotatable bonds is 5. The summed E-state index contributed by atoms with van der Waals surface area (Å²) in [4.78, 5) is 24.1. The van der Waals surface area contributed by atoms with Gasteiger partial charge in [0.2, 0.25) is 10.0 Å². The molecule has 2 rings (SSSR count). The third kappa shape index (κ3) is 4.29. The van der Waals surface area contributed by atoms with E-state index in [1.54, 1.807) is 6.92 Å². The zero-order valence-electron chi connectivity index (χ0n) is 13.1. The minimum absolute atomic E-state index is 0.217. The van der Waals surface area contributed by atoms with E-state index < -0.39 is 34.0 Å². The van der Waals surface area contributed by atoms with Crippen molar-refractivity contribution >= 4 is 27.7 Å². The number of anilines is 1. The van der Waals surface area contributed by atoms with Gasteiger partial charge in [0.25, 0.3) is 5.91 Å². The second-order valence-corrected chi connectivity index (χ2v) is 7.36. The van der Waals surface area contributed by atoms with Crippen molar-refractivity contribution in [3.8, 4) is 0 Å². The third-order valence-corrected chi connectivity index (χ3v) is 4.73. The highest BCUT2D eigenvalue weighted by Gasteiger charge is 2.38. The molecule has 1 aromatic rings. The lowest BCUT2D eigenvalue weighted by atomic mass is 10.2. The summed E-state index contributed by atoms with van der Waals surface area (Å²) < 4.78 is 34.3. The predicted octanol–water partition coefficient (Wildman–Crippen LogP) is 0.277. The van der Waals surface area contributed by atoms with Crippen LogP contribution in [0.15, 0.2) is 10.6 Å². The van der Waals surface area contributed by atoms with Gasteiger partial charge in [-0.05, 0) is 26.7 Å². The zero-order chi connectivity index (χ0) is 17.2.